The Kier molecular flexibility index (Phi) is 2.35. The number of hydrogen-bond donors (Lipinski definition) is 0. The Morgan fingerprint density at radius 3 is 2.43 bits per heavy atom. The maximum atomic E-state index is 11.1. The van der Waals surface area contributed by atoms with Crippen molar-refractivity contribution >= 4 is 11.5 Å². The van der Waals surface area contributed by atoms with Crippen LogP contribution >= 0.6 is 0 Å². The molecule has 0 aliphatic heterocycles. The Balaban J connectivity index is 2.21. The summed E-state index contributed by atoms with van der Waals surface area (Å²) in [6.45, 7) is 0. The van der Waals surface area contributed by atoms with Crippen LogP contribution in [0.4, 0.5) is 5.69 Å². The molecule has 2 rings (SSSR count). The van der Waals surface area contributed by atoms with Crippen molar-refractivity contribution in [2.75, 3.05) is 11.9 Å². The number of ketones is 1. The van der Waals surface area contributed by atoms with Gasteiger partial charge in [0.05, 0.1) is 0 Å². The van der Waals surface area contributed by atoms with Gasteiger partial charge in [0.1, 0.15) is 0 Å². The van der Waals surface area contributed by atoms with Crippen LogP contribution in [0.15, 0.2) is 42.1 Å². The van der Waals surface area contributed by atoms with E-state index in [4.69, 9.17) is 0 Å². The topological polar surface area (TPSA) is 20.3 Å². The molecule has 0 unspecified atom stereocenters. The molecule has 0 heterocycles. The van der Waals surface area contributed by atoms with E-state index in [-0.39, 0.29) is 5.78 Å². The van der Waals surface area contributed by atoms with E-state index in [1.165, 1.54) is 0 Å². The van der Waals surface area contributed by atoms with Gasteiger partial charge in [0.15, 0.2) is 5.78 Å². The first-order valence-electron chi connectivity index (χ1n) is 4.79. The number of carbonyl (C=O) groups is 1. The number of benzene rings is 1. The molecular weight excluding hydrogens is 174 g/mol. The molecule has 0 N–H and O–H groups in total. The maximum Gasteiger partial charge on any atom is 0.157 e. The van der Waals surface area contributed by atoms with Crippen molar-refractivity contribution in [3.05, 3.63) is 42.1 Å². The number of rotatable bonds is 2. The third-order valence-electron chi connectivity index (χ3n) is 2.53. The summed E-state index contributed by atoms with van der Waals surface area (Å²) in [5.41, 5.74) is 2.25. The Morgan fingerprint density at radius 2 is 1.86 bits per heavy atom. The van der Waals surface area contributed by atoms with Gasteiger partial charge in [0, 0.05) is 30.9 Å². The molecule has 1 aromatic carbocycles. The van der Waals surface area contributed by atoms with Gasteiger partial charge in [-0.25, -0.2) is 0 Å². The summed E-state index contributed by atoms with van der Waals surface area (Å²) in [7, 11) is 2.00. The normalized spacial score (nSPS) is 15.5. The highest BCUT2D eigenvalue weighted by Gasteiger charge is 2.15. The highest BCUT2D eigenvalue weighted by Crippen LogP contribution is 2.23. The number of para-hydroxylation sites is 1. The first-order chi connectivity index (χ1) is 6.77. The number of allylic oxidation sites excluding steroid dienone is 2. The molecular formula is C12H13NO. The van der Waals surface area contributed by atoms with E-state index in [2.05, 4.69) is 4.90 Å². The second kappa shape index (κ2) is 3.66. The lowest BCUT2D eigenvalue weighted by molar-refractivity contribution is -0.114. The minimum atomic E-state index is 0.239. The van der Waals surface area contributed by atoms with Gasteiger partial charge in [-0.15, -0.1) is 0 Å². The van der Waals surface area contributed by atoms with Gasteiger partial charge in [-0.05, 0) is 18.6 Å². The molecule has 1 aliphatic rings. The fourth-order valence-electron chi connectivity index (χ4n) is 1.66. The van der Waals surface area contributed by atoms with Crippen LogP contribution in [0.5, 0.6) is 0 Å². The summed E-state index contributed by atoms with van der Waals surface area (Å²) < 4.78 is 0. The van der Waals surface area contributed by atoms with Crippen molar-refractivity contribution in [3.63, 3.8) is 0 Å². The van der Waals surface area contributed by atoms with Crippen molar-refractivity contribution in [1.82, 2.24) is 0 Å². The molecule has 0 saturated carbocycles. The van der Waals surface area contributed by atoms with Crippen LogP contribution in [0.1, 0.15) is 12.8 Å². The molecule has 0 atom stereocenters. The summed E-state index contributed by atoms with van der Waals surface area (Å²) in [5, 5.41) is 0. The first-order valence-corrected chi connectivity index (χ1v) is 4.79. The summed E-state index contributed by atoms with van der Waals surface area (Å²) in [5.74, 6) is 0.239. The van der Waals surface area contributed by atoms with E-state index in [0.29, 0.717) is 6.42 Å². The number of nitrogens with zero attached hydrogens (tertiary/aromatic N) is 1. The van der Waals surface area contributed by atoms with Gasteiger partial charge in [-0.3, -0.25) is 4.79 Å². The quantitative estimate of drug-likeness (QED) is 0.708. The van der Waals surface area contributed by atoms with Gasteiger partial charge in [-0.1, -0.05) is 18.2 Å². The largest absolute Gasteiger partial charge is 0.348 e. The van der Waals surface area contributed by atoms with E-state index in [9.17, 15) is 4.79 Å². The lowest BCUT2D eigenvalue weighted by atomic mass is 10.2. The average Bonchev–Trinajstić information content (AvgIpc) is 2.65. The molecule has 1 aliphatic carbocycles. The lowest BCUT2D eigenvalue weighted by Crippen LogP contribution is -2.14. The minimum absolute atomic E-state index is 0.239. The highest BCUT2D eigenvalue weighted by molar-refractivity contribution is 5.93. The monoisotopic (exact) mass is 187 g/mol. The Morgan fingerprint density at radius 1 is 1.14 bits per heavy atom. The summed E-state index contributed by atoms with van der Waals surface area (Å²) >= 11 is 0. The minimum Gasteiger partial charge on any atom is -0.348 e. The summed E-state index contributed by atoms with van der Waals surface area (Å²) in [4.78, 5) is 13.2. The zero-order valence-corrected chi connectivity index (χ0v) is 8.23. The molecule has 0 fully saturated rings. The molecule has 0 radical (unpaired) electrons. The maximum absolute atomic E-state index is 11.1. The number of carbonyl (C=O) groups excluding carboxylic acids is 1. The Bertz CT molecular complexity index is 367. The van der Waals surface area contributed by atoms with Gasteiger partial charge in [-0.2, -0.15) is 0 Å². The molecule has 2 nitrogen and oxygen atoms in total. The molecule has 0 saturated heterocycles. The zero-order chi connectivity index (χ0) is 9.97. The zero-order valence-electron chi connectivity index (χ0n) is 8.23. The third-order valence-corrected chi connectivity index (χ3v) is 2.53. The van der Waals surface area contributed by atoms with Gasteiger partial charge in [0.2, 0.25) is 0 Å². The van der Waals surface area contributed by atoms with Crippen LogP contribution in [0, 0.1) is 0 Å². The van der Waals surface area contributed by atoms with E-state index >= 15 is 0 Å². The van der Waals surface area contributed by atoms with Crippen molar-refractivity contribution in [1.29, 1.82) is 0 Å². The molecule has 2 heteroatoms. The molecule has 72 valence electrons. The van der Waals surface area contributed by atoms with Crippen LogP contribution in [-0.2, 0) is 4.79 Å². The van der Waals surface area contributed by atoms with Crippen LogP contribution < -0.4 is 4.90 Å². The SMILES string of the molecule is CN(C1=CC(=O)CC1)c1ccccc1. The molecule has 0 spiro atoms. The van der Waals surface area contributed by atoms with Gasteiger partial charge >= 0.3 is 0 Å². The lowest BCUT2D eigenvalue weighted by Gasteiger charge is -2.19. The van der Waals surface area contributed by atoms with Crippen molar-refractivity contribution in [2.45, 2.75) is 12.8 Å². The summed E-state index contributed by atoms with van der Waals surface area (Å²) in [6, 6.07) is 10.1. The molecule has 0 amide bonds. The fourth-order valence-corrected chi connectivity index (χ4v) is 1.66. The number of hydrogen-bond acceptors (Lipinski definition) is 2. The summed E-state index contributed by atoms with van der Waals surface area (Å²) in [6.07, 6.45) is 3.27. The highest BCUT2D eigenvalue weighted by atomic mass is 16.1. The van der Waals surface area contributed by atoms with Crippen molar-refractivity contribution in [2.24, 2.45) is 0 Å². The van der Waals surface area contributed by atoms with Gasteiger partial charge in [0.25, 0.3) is 0 Å². The standard InChI is InChI=1S/C12H13NO/c1-13(10-5-3-2-4-6-10)11-7-8-12(14)9-11/h2-6,9H,7-8H2,1H3. The smallest absolute Gasteiger partial charge is 0.157 e. The predicted molar refractivity (Wildman–Crippen MR) is 57.2 cm³/mol. The van der Waals surface area contributed by atoms with Crippen LogP contribution in [0.3, 0.4) is 0 Å². The van der Waals surface area contributed by atoms with Crippen LogP contribution in [0.2, 0.25) is 0 Å². The molecule has 0 bridgehead atoms. The molecule has 1 aromatic rings. The first kappa shape index (κ1) is 9.00. The van der Waals surface area contributed by atoms with E-state index < -0.39 is 0 Å². The van der Waals surface area contributed by atoms with Crippen molar-refractivity contribution in [3.8, 4) is 0 Å². The Labute approximate surface area is 83.8 Å². The van der Waals surface area contributed by atoms with Crippen molar-refractivity contribution < 1.29 is 4.79 Å². The molecule has 0 aromatic heterocycles. The Hall–Kier alpha value is -1.57. The van der Waals surface area contributed by atoms with E-state index in [1.807, 2.05) is 37.4 Å². The fraction of sp³-hybridized carbons (Fsp3) is 0.250. The predicted octanol–water partition coefficient (Wildman–Crippen LogP) is 2.37. The second-order valence-electron chi connectivity index (χ2n) is 3.50. The van der Waals surface area contributed by atoms with Crippen LogP contribution in [-0.4, -0.2) is 12.8 Å². The van der Waals surface area contributed by atoms with E-state index in [0.717, 1.165) is 17.8 Å². The van der Waals surface area contributed by atoms with E-state index in [1.54, 1.807) is 6.08 Å². The second-order valence-corrected chi connectivity index (χ2v) is 3.50. The van der Waals surface area contributed by atoms with Crippen LogP contribution in [0.25, 0.3) is 0 Å². The third kappa shape index (κ3) is 1.69. The molecule has 14 heavy (non-hydrogen) atoms. The van der Waals surface area contributed by atoms with Gasteiger partial charge < -0.3 is 4.90 Å². The average molecular weight is 187 g/mol. The number of anilines is 1.